The monoisotopic (exact) mass is 328 g/mol. The zero-order valence-electron chi connectivity index (χ0n) is 13.0. The van der Waals surface area contributed by atoms with Crippen LogP contribution in [0.15, 0.2) is 18.5 Å². The Morgan fingerprint density at radius 2 is 2.27 bits per heavy atom. The SMILES string of the molecule is CN(CC1CCCO1)C(=O)C1(n2cccn2)CCNCC1.Cl. The van der Waals surface area contributed by atoms with Crippen LogP contribution in [0, 0.1) is 0 Å². The van der Waals surface area contributed by atoms with Crippen LogP contribution in [-0.2, 0) is 15.1 Å². The van der Waals surface area contributed by atoms with Gasteiger partial charge in [0.1, 0.15) is 5.54 Å². The minimum Gasteiger partial charge on any atom is -0.376 e. The number of carbonyl (C=O) groups excluding carboxylic acids is 1. The van der Waals surface area contributed by atoms with Crippen LogP contribution in [0.1, 0.15) is 25.7 Å². The van der Waals surface area contributed by atoms with Gasteiger partial charge in [-0.25, -0.2) is 0 Å². The summed E-state index contributed by atoms with van der Waals surface area (Å²) >= 11 is 0. The molecule has 1 amide bonds. The van der Waals surface area contributed by atoms with Crippen molar-refractivity contribution in [1.29, 1.82) is 0 Å². The van der Waals surface area contributed by atoms with Gasteiger partial charge in [0.25, 0.3) is 0 Å². The second-order valence-electron chi connectivity index (χ2n) is 6.05. The number of aromatic nitrogens is 2. The average Bonchev–Trinajstić information content (AvgIpc) is 3.20. The number of carbonyl (C=O) groups is 1. The summed E-state index contributed by atoms with van der Waals surface area (Å²) in [5.41, 5.74) is -0.540. The van der Waals surface area contributed by atoms with Gasteiger partial charge in [-0.3, -0.25) is 9.48 Å². The van der Waals surface area contributed by atoms with Crippen LogP contribution in [0.4, 0.5) is 0 Å². The van der Waals surface area contributed by atoms with Crippen LogP contribution < -0.4 is 5.32 Å². The number of nitrogens with zero attached hydrogens (tertiary/aromatic N) is 3. The van der Waals surface area contributed by atoms with Gasteiger partial charge in [-0.1, -0.05) is 0 Å². The van der Waals surface area contributed by atoms with Gasteiger partial charge in [0.15, 0.2) is 0 Å². The zero-order valence-corrected chi connectivity index (χ0v) is 13.8. The summed E-state index contributed by atoms with van der Waals surface area (Å²) in [6.45, 7) is 3.19. The van der Waals surface area contributed by atoms with E-state index in [1.807, 2.05) is 28.9 Å². The average molecular weight is 329 g/mol. The number of hydrogen-bond acceptors (Lipinski definition) is 4. The van der Waals surface area contributed by atoms with Crippen molar-refractivity contribution >= 4 is 18.3 Å². The predicted octanol–water partition coefficient (Wildman–Crippen LogP) is 1.02. The van der Waals surface area contributed by atoms with Gasteiger partial charge in [-0.2, -0.15) is 5.10 Å². The number of piperidine rings is 1. The first-order valence-corrected chi connectivity index (χ1v) is 7.80. The molecule has 22 heavy (non-hydrogen) atoms. The molecule has 124 valence electrons. The maximum atomic E-state index is 13.1. The van der Waals surface area contributed by atoms with Gasteiger partial charge in [-0.05, 0) is 44.8 Å². The topological polar surface area (TPSA) is 59.4 Å². The molecule has 1 aromatic heterocycles. The van der Waals surface area contributed by atoms with Gasteiger partial charge in [-0.15, -0.1) is 12.4 Å². The third-order valence-corrected chi connectivity index (χ3v) is 4.62. The Hall–Kier alpha value is -1.11. The first-order valence-electron chi connectivity index (χ1n) is 7.80. The lowest BCUT2D eigenvalue weighted by atomic mass is 9.86. The van der Waals surface area contributed by atoms with E-state index in [4.69, 9.17) is 4.74 Å². The molecule has 1 unspecified atom stereocenters. The lowest BCUT2D eigenvalue weighted by molar-refractivity contribution is -0.143. The van der Waals surface area contributed by atoms with Crippen LogP contribution >= 0.6 is 12.4 Å². The molecule has 0 radical (unpaired) electrons. The Balaban J connectivity index is 0.00000176. The summed E-state index contributed by atoms with van der Waals surface area (Å²) in [7, 11) is 1.89. The highest BCUT2D eigenvalue weighted by Crippen LogP contribution is 2.29. The molecule has 7 heteroatoms. The molecule has 1 aromatic rings. The largest absolute Gasteiger partial charge is 0.376 e. The van der Waals surface area contributed by atoms with Crippen molar-refractivity contribution in [3.8, 4) is 0 Å². The van der Waals surface area contributed by atoms with E-state index in [1.165, 1.54) is 0 Å². The normalized spacial score (nSPS) is 23.8. The molecule has 1 atom stereocenters. The first kappa shape index (κ1) is 17.2. The number of amides is 1. The summed E-state index contributed by atoms with van der Waals surface area (Å²) in [4.78, 5) is 14.9. The Kier molecular flexibility index (Phi) is 5.83. The van der Waals surface area contributed by atoms with E-state index in [9.17, 15) is 4.79 Å². The molecule has 0 aliphatic carbocycles. The fourth-order valence-corrected chi connectivity index (χ4v) is 3.44. The van der Waals surface area contributed by atoms with E-state index >= 15 is 0 Å². The maximum Gasteiger partial charge on any atom is 0.250 e. The van der Waals surface area contributed by atoms with E-state index in [1.54, 1.807) is 6.20 Å². The number of rotatable bonds is 4. The van der Waals surface area contributed by atoms with Gasteiger partial charge in [0.05, 0.1) is 6.10 Å². The second kappa shape index (κ2) is 7.44. The lowest BCUT2D eigenvalue weighted by Gasteiger charge is -2.39. The number of halogens is 1. The van der Waals surface area contributed by atoms with Crippen LogP contribution in [0.5, 0.6) is 0 Å². The molecular formula is C15H25ClN4O2. The van der Waals surface area contributed by atoms with Gasteiger partial charge in [0.2, 0.25) is 5.91 Å². The number of hydrogen-bond donors (Lipinski definition) is 1. The van der Waals surface area contributed by atoms with Gasteiger partial charge >= 0.3 is 0 Å². The second-order valence-corrected chi connectivity index (χ2v) is 6.05. The van der Waals surface area contributed by atoms with Crippen LogP contribution in [0.3, 0.4) is 0 Å². The Morgan fingerprint density at radius 1 is 1.50 bits per heavy atom. The Labute approximate surface area is 137 Å². The highest BCUT2D eigenvalue weighted by molar-refractivity contribution is 5.85. The molecule has 1 N–H and O–H groups in total. The molecule has 3 heterocycles. The van der Waals surface area contributed by atoms with Crippen molar-refractivity contribution in [2.24, 2.45) is 0 Å². The molecule has 6 nitrogen and oxygen atoms in total. The number of likely N-dealkylation sites (N-methyl/N-ethyl adjacent to an activating group) is 1. The Morgan fingerprint density at radius 3 is 2.86 bits per heavy atom. The predicted molar refractivity (Wildman–Crippen MR) is 86.2 cm³/mol. The Bertz CT molecular complexity index is 468. The quantitative estimate of drug-likeness (QED) is 0.896. The fourth-order valence-electron chi connectivity index (χ4n) is 3.44. The zero-order chi connectivity index (χ0) is 14.7. The molecule has 0 saturated carbocycles. The van der Waals surface area contributed by atoms with Crippen molar-refractivity contribution < 1.29 is 9.53 Å². The minimum atomic E-state index is -0.540. The van der Waals surface area contributed by atoms with Crippen LogP contribution in [0.25, 0.3) is 0 Å². The number of nitrogens with one attached hydrogen (secondary N) is 1. The molecule has 2 fully saturated rings. The minimum absolute atomic E-state index is 0. The van der Waals surface area contributed by atoms with E-state index in [0.717, 1.165) is 45.4 Å². The van der Waals surface area contributed by atoms with Gasteiger partial charge in [0, 0.05) is 32.6 Å². The summed E-state index contributed by atoms with van der Waals surface area (Å²) in [6.07, 6.45) is 7.55. The van der Waals surface area contributed by atoms with Crippen molar-refractivity contribution in [3.05, 3.63) is 18.5 Å². The molecule has 0 spiro atoms. The van der Waals surface area contributed by atoms with Crippen molar-refractivity contribution in [1.82, 2.24) is 20.0 Å². The van der Waals surface area contributed by atoms with E-state index in [2.05, 4.69) is 10.4 Å². The van der Waals surface area contributed by atoms with E-state index in [-0.39, 0.29) is 24.4 Å². The molecule has 2 saturated heterocycles. The maximum absolute atomic E-state index is 13.1. The smallest absolute Gasteiger partial charge is 0.250 e. The molecule has 3 rings (SSSR count). The standard InChI is InChI=1S/C15H24N4O2.ClH/c1-18(12-13-4-2-11-21-13)14(20)15(5-8-16-9-6-15)19-10-3-7-17-19;/h3,7,10,13,16H,2,4-6,8-9,11-12H2,1H3;1H. The van der Waals surface area contributed by atoms with Crippen molar-refractivity contribution in [2.45, 2.75) is 37.3 Å². The van der Waals surface area contributed by atoms with Crippen molar-refractivity contribution in [3.63, 3.8) is 0 Å². The summed E-state index contributed by atoms with van der Waals surface area (Å²) in [5, 5.41) is 7.69. The highest BCUT2D eigenvalue weighted by atomic mass is 35.5. The molecule has 2 aliphatic heterocycles. The van der Waals surface area contributed by atoms with E-state index in [0.29, 0.717) is 6.54 Å². The third-order valence-electron chi connectivity index (χ3n) is 4.62. The first-order chi connectivity index (χ1) is 10.2. The summed E-state index contributed by atoms with van der Waals surface area (Å²) in [5.74, 6) is 0.156. The fraction of sp³-hybridized carbons (Fsp3) is 0.733. The molecule has 0 aromatic carbocycles. The lowest BCUT2D eigenvalue weighted by Crippen LogP contribution is -2.55. The molecule has 2 aliphatic rings. The van der Waals surface area contributed by atoms with Crippen LogP contribution in [-0.4, -0.2) is 60.0 Å². The number of ether oxygens (including phenoxy) is 1. The highest BCUT2D eigenvalue weighted by Gasteiger charge is 2.44. The van der Waals surface area contributed by atoms with Crippen LogP contribution in [0.2, 0.25) is 0 Å². The van der Waals surface area contributed by atoms with Crippen molar-refractivity contribution in [2.75, 3.05) is 33.3 Å². The molecule has 0 bridgehead atoms. The third kappa shape index (κ3) is 3.29. The molecular weight excluding hydrogens is 304 g/mol. The summed E-state index contributed by atoms with van der Waals surface area (Å²) in [6, 6.07) is 1.89. The van der Waals surface area contributed by atoms with E-state index < -0.39 is 5.54 Å². The summed E-state index contributed by atoms with van der Waals surface area (Å²) < 4.78 is 7.51. The van der Waals surface area contributed by atoms with Gasteiger partial charge < -0.3 is 15.0 Å².